The van der Waals surface area contributed by atoms with Gasteiger partial charge in [-0.2, -0.15) is 4.39 Å². The van der Waals surface area contributed by atoms with Crippen LogP contribution in [0.2, 0.25) is 5.02 Å². The first-order chi connectivity index (χ1) is 14.7. The summed E-state index contributed by atoms with van der Waals surface area (Å²) in [5, 5.41) is 9.19. The van der Waals surface area contributed by atoms with Crippen LogP contribution in [0.1, 0.15) is 66.5 Å². The van der Waals surface area contributed by atoms with Crippen LogP contribution in [0.5, 0.6) is 11.5 Å². The van der Waals surface area contributed by atoms with Crippen molar-refractivity contribution >= 4 is 28.7 Å². The molecule has 1 heterocycles. The van der Waals surface area contributed by atoms with Crippen molar-refractivity contribution < 1.29 is 23.8 Å². The molecule has 32 heavy (non-hydrogen) atoms. The van der Waals surface area contributed by atoms with Crippen molar-refractivity contribution in [2.45, 2.75) is 67.1 Å². The molecule has 0 fully saturated rings. The summed E-state index contributed by atoms with van der Waals surface area (Å²) in [4.78, 5) is 10.8. The van der Waals surface area contributed by atoms with Crippen LogP contribution in [0.3, 0.4) is 0 Å². The van der Waals surface area contributed by atoms with E-state index < -0.39 is 17.4 Å². The highest BCUT2D eigenvalue weighted by atomic mass is 35.5. The molecule has 0 unspecified atom stereocenters. The Morgan fingerprint density at radius 1 is 1.25 bits per heavy atom. The van der Waals surface area contributed by atoms with Gasteiger partial charge in [-0.3, -0.25) is 0 Å². The van der Waals surface area contributed by atoms with E-state index in [0.717, 1.165) is 22.3 Å². The van der Waals surface area contributed by atoms with Crippen LogP contribution in [0.4, 0.5) is 4.39 Å². The molecule has 1 aliphatic heterocycles. The van der Waals surface area contributed by atoms with E-state index >= 15 is 0 Å². The van der Waals surface area contributed by atoms with Gasteiger partial charge in [-0.15, -0.1) is 0 Å². The predicted octanol–water partition coefficient (Wildman–Crippen LogP) is 7.63. The van der Waals surface area contributed by atoms with Gasteiger partial charge >= 0.3 is 5.97 Å². The standard InChI is InChI=1S/C26H32ClFO4/c1-14(2)20-13-26(7,8)32-24-19(20)12-18(23(21(24)27)31-15(3)4)16(5)10-9-11-17(6)22(28)25(29)30/h9-15H,1-8H3,(H,29,30)/b11-9+,16-10+,22-17+. The minimum absolute atomic E-state index is 0.0318. The lowest BCUT2D eigenvalue weighted by Crippen LogP contribution is -2.30. The van der Waals surface area contributed by atoms with Crippen molar-refractivity contribution in [1.29, 1.82) is 0 Å². The van der Waals surface area contributed by atoms with Gasteiger partial charge in [0.2, 0.25) is 5.83 Å². The number of hydrogen-bond acceptors (Lipinski definition) is 3. The van der Waals surface area contributed by atoms with E-state index in [4.69, 9.17) is 26.2 Å². The minimum atomic E-state index is -1.59. The van der Waals surface area contributed by atoms with Gasteiger partial charge in [-0.05, 0) is 76.3 Å². The van der Waals surface area contributed by atoms with Crippen molar-refractivity contribution in [3.05, 3.63) is 57.9 Å². The molecule has 0 bridgehead atoms. The van der Waals surface area contributed by atoms with E-state index in [9.17, 15) is 9.18 Å². The molecular weight excluding hydrogens is 431 g/mol. The number of halogens is 2. The summed E-state index contributed by atoms with van der Waals surface area (Å²) in [7, 11) is 0. The molecule has 1 aliphatic rings. The predicted molar refractivity (Wildman–Crippen MR) is 129 cm³/mol. The zero-order valence-electron chi connectivity index (χ0n) is 20.0. The summed E-state index contributed by atoms with van der Waals surface area (Å²) >= 11 is 6.83. The molecule has 2 rings (SSSR count). The van der Waals surface area contributed by atoms with Crippen molar-refractivity contribution in [2.75, 3.05) is 0 Å². The number of hydrogen-bond donors (Lipinski definition) is 1. The van der Waals surface area contributed by atoms with Crippen molar-refractivity contribution in [3.63, 3.8) is 0 Å². The second-order valence-electron chi connectivity index (χ2n) is 9.08. The summed E-state index contributed by atoms with van der Waals surface area (Å²) < 4.78 is 25.9. The van der Waals surface area contributed by atoms with E-state index in [1.807, 2.05) is 40.7 Å². The molecule has 174 valence electrons. The number of aliphatic carboxylic acids is 1. The van der Waals surface area contributed by atoms with Crippen LogP contribution < -0.4 is 9.47 Å². The van der Waals surface area contributed by atoms with E-state index in [-0.39, 0.29) is 17.6 Å². The monoisotopic (exact) mass is 462 g/mol. The normalized spacial score (nSPS) is 16.6. The fourth-order valence-electron chi connectivity index (χ4n) is 3.46. The zero-order valence-corrected chi connectivity index (χ0v) is 20.7. The maximum absolute atomic E-state index is 13.5. The van der Waals surface area contributed by atoms with Crippen molar-refractivity contribution in [3.8, 4) is 11.5 Å². The molecule has 1 aromatic rings. The maximum Gasteiger partial charge on any atom is 0.365 e. The van der Waals surface area contributed by atoms with E-state index in [0.29, 0.717) is 16.5 Å². The number of allylic oxidation sites excluding steroid dienone is 6. The largest absolute Gasteiger partial charge is 0.489 e. The molecule has 0 aromatic heterocycles. The molecule has 1 N–H and O–H groups in total. The second-order valence-corrected chi connectivity index (χ2v) is 9.46. The highest BCUT2D eigenvalue weighted by molar-refractivity contribution is 6.34. The first-order valence-electron chi connectivity index (χ1n) is 10.7. The van der Waals surface area contributed by atoms with Gasteiger partial charge in [-0.1, -0.05) is 43.7 Å². The average molecular weight is 463 g/mol. The fourth-order valence-corrected chi connectivity index (χ4v) is 3.75. The summed E-state index contributed by atoms with van der Waals surface area (Å²) in [6.45, 7) is 15.4. The van der Waals surface area contributed by atoms with Crippen LogP contribution in [0, 0.1) is 5.92 Å². The lowest BCUT2D eigenvalue weighted by Gasteiger charge is -2.34. The lowest BCUT2D eigenvalue weighted by molar-refractivity contribution is -0.134. The number of benzene rings is 1. The van der Waals surface area contributed by atoms with Crippen LogP contribution in [0.15, 0.2) is 41.8 Å². The van der Waals surface area contributed by atoms with Gasteiger partial charge in [0, 0.05) is 11.1 Å². The van der Waals surface area contributed by atoms with Crippen LogP contribution in [0.25, 0.3) is 11.1 Å². The molecular formula is C26H32ClFO4. The van der Waals surface area contributed by atoms with Crippen molar-refractivity contribution in [2.24, 2.45) is 5.92 Å². The minimum Gasteiger partial charge on any atom is -0.489 e. The van der Waals surface area contributed by atoms with Crippen molar-refractivity contribution in [1.82, 2.24) is 0 Å². The van der Waals surface area contributed by atoms with Crippen LogP contribution in [-0.2, 0) is 4.79 Å². The molecule has 6 heteroatoms. The average Bonchev–Trinajstić information content (AvgIpc) is 2.67. The molecule has 4 nitrogen and oxygen atoms in total. The van der Waals surface area contributed by atoms with E-state index in [1.54, 1.807) is 12.2 Å². The fraction of sp³-hybridized carbons (Fsp3) is 0.423. The first kappa shape index (κ1) is 25.7. The topological polar surface area (TPSA) is 55.8 Å². The third kappa shape index (κ3) is 5.83. The van der Waals surface area contributed by atoms with Gasteiger partial charge in [0.05, 0.1) is 6.10 Å². The summed E-state index contributed by atoms with van der Waals surface area (Å²) in [6.07, 6.45) is 6.81. The number of carbonyl (C=O) groups is 1. The molecule has 0 saturated heterocycles. The Balaban J connectivity index is 2.67. The molecule has 1 aromatic carbocycles. The van der Waals surface area contributed by atoms with Gasteiger partial charge in [0.25, 0.3) is 0 Å². The Kier molecular flexibility index (Phi) is 8.00. The molecule has 0 atom stereocenters. The first-order valence-corrected chi connectivity index (χ1v) is 11.0. The number of carboxylic acids is 1. The molecule has 0 radical (unpaired) electrons. The lowest BCUT2D eigenvalue weighted by atomic mass is 9.86. The van der Waals surface area contributed by atoms with Gasteiger partial charge in [0.1, 0.15) is 16.4 Å². The SMILES string of the molecule is C\C(=C/C=C/C(C)=C(/F)C(=O)O)c1cc2c(c(Cl)c1OC(C)C)OC(C)(C)C=C2C(C)C. The Labute approximate surface area is 195 Å². The summed E-state index contributed by atoms with van der Waals surface area (Å²) in [5.41, 5.74) is 3.21. The third-order valence-electron chi connectivity index (χ3n) is 4.98. The quantitative estimate of drug-likeness (QED) is 0.334. The van der Waals surface area contributed by atoms with E-state index in [2.05, 4.69) is 19.9 Å². The Hall–Kier alpha value is -2.53. The third-order valence-corrected chi connectivity index (χ3v) is 5.33. The number of fused-ring (bicyclic) bond motifs is 1. The molecule has 0 aliphatic carbocycles. The van der Waals surface area contributed by atoms with Gasteiger partial charge in [0.15, 0.2) is 5.75 Å². The van der Waals surface area contributed by atoms with E-state index in [1.165, 1.54) is 13.0 Å². The number of ether oxygens (including phenoxy) is 2. The second kappa shape index (κ2) is 9.95. The number of rotatable bonds is 7. The van der Waals surface area contributed by atoms with Gasteiger partial charge < -0.3 is 14.6 Å². The highest BCUT2D eigenvalue weighted by Crippen LogP contribution is 2.50. The van der Waals surface area contributed by atoms with Gasteiger partial charge in [-0.25, -0.2) is 4.79 Å². The zero-order chi connectivity index (χ0) is 24.4. The van der Waals surface area contributed by atoms with Crippen LogP contribution in [-0.4, -0.2) is 22.8 Å². The number of carboxylic acid groups (broad SMARTS) is 1. The smallest absolute Gasteiger partial charge is 0.365 e. The summed E-state index contributed by atoms with van der Waals surface area (Å²) in [5.74, 6) is -1.38. The Bertz CT molecular complexity index is 1030. The van der Waals surface area contributed by atoms with Crippen LogP contribution >= 0.6 is 11.6 Å². The maximum atomic E-state index is 13.5. The Morgan fingerprint density at radius 3 is 2.41 bits per heavy atom. The summed E-state index contributed by atoms with van der Waals surface area (Å²) in [6, 6.07) is 2.01. The highest BCUT2D eigenvalue weighted by Gasteiger charge is 2.32. The Morgan fingerprint density at radius 2 is 1.88 bits per heavy atom. The molecule has 0 amide bonds. The molecule has 0 spiro atoms. The molecule has 0 saturated carbocycles.